The van der Waals surface area contributed by atoms with Crippen LogP contribution in [0.1, 0.15) is 31.1 Å². The molecule has 1 N–H and O–H groups in total. The Bertz CT molecular complexity index is 422. The fourth-order valence-corrected chi connectivity index (χ4v) is 3.22. The summed E-state index contributed by atoms with van der Waals surface area (Å²) in [5.41, 5.74) is 0. The van der Waals surface area contributed by atoms with E-state index in [2.05, 4.69) is 12.2 Å². The lowest BCUT2D eigenvalue weighted by Gasteiger charge is -2.29. The van der Waals surface area contributed by atoms with Crippen molar-refractivity contribution in [1.82, 2.24) is 10.2 Å². The lowest BCUT2D eigenvalue weighted by molar-refractivity contribution is -0.126. The lowest BCUT2D eigenvalue weighted by Crippen LogP contribution is -2.40. The molecule has 0 saturated carbocycles. The molecule has 110 valence electrons. The van der Waals surface area contributed by atoms with Gasteiger partial charge in [0.05, 0.1) is 0 Å². The standard InChI is InChI=1S/C16H24N2OS/c1-2-10-18(13-14-5-3-9-17-12-14)16(19)8-7-15-6-4-11-20-15/h4,6-8,11,14,17H,2-3,5,9-10,12-13H2,1H3/b8-7+. The molecule has 0 aliphatic carbocycles. The van der Waals surface area contributed by atoms with E-state index < -0.39 is 0 Å². The molecule has 1 saturated heterocycles. The third-order valence-corrected chi connectivity index (χ3v) is 4.45. The van der Waals surface area contributed by atoms with Gasteiger partial charge in [0.1, 0.15) is 0 Å². The van der Waals surface area contributed by atoms with E-state index in [1.54, 1.807) is 17.4 Å². The molecule has 1 aromatic rings. The van der Waals surface area contributed by atoms with Crippen LogP contribution in [0.4, 0.5) is 0 Å². The highest BCUT2D eigenvalue weighted by molar-refractivity contribution is 7.10. The van der Waals surface area contributed by atoms with Crippen LogP contribution in [0, 0.1) is 5.92 Å². The number of nitrogens with zero attached hydrogens (tertiary/aromatic N) is 1. The average Bonchev–Trinajstić information content (AvgIpc) is 2.99. The van der Waals surface area contributed by atoms with Gasteiger partial charge in [0.15, 0.2) is 0 Å². The highest BCUT2D eigenvalue weighted by Gasteiger charge is 2.18. The second-order valence-electron chi connectivity index (χ2n) is 5.35. The Morgan fingerprint density at radius 2 is 2.50 bits per heavy atom. The largest absolute Gasteiger partial charge is 0.339 e. The zero-order valence-corrected chi connectivity index (χ0v) is 13.0. The SMILES string of the molecule is CCCN(CC1CCCNC1)C(=O)/C=C/c1cccs1. The van der Waals surface area contributed by atoms with E-state index in [4.69, 9.17) is 0 Å². The Kier molecular flexibility index (Phi) is 6.27. The molecule has 1 unspecified atom stereocenters. The van der Waals surface area contributed by atoms with Crippen LogP contribution in [0.5, 0.6) is 0 Å². The van der Waals surface area contributed by atoms with E-state index in [0.29, 0.717) is 5.92 Å². The van der Waals surface area contributed by atoms with Gasteiger partial charge in [-0.1, -0.05) is 13.0 Å². The van der Waals surface area contributed by atoms with Crippen molar-refractivity contribution in [2.45, 2.75) is 26.2 Å². The van der Waals surface area contributed by atoms with Crippen molar-refractivity contribution in [3.05, 3.63) is 28.5 Å². The number of amides is 1. The molecule has 2 heterocycles. The van der Waals surface area contributed by atoms with Crippen molar-refractivity contribution in [2.24, 2.45) is 5.92 Å². The molecule has 0 spiro atoms. The molecular formula is C16H24N2OS. The van der Waals surface area contributed by atoms with Gasteiger partial charge in [-0.25, -0.2) is 0 Å². The summed E-state index contributed by atoms with van der Waals surface area (Å²) in [7, 11) is 0. The van der Waals surface area contributed by atoms with Crippen molar-refractivity contribution in [3.8, 4) is 0 Å². The summed E-state index contributed by atoms with van der Waals surface area (Å²) in [5.74, 6) is 0.750. The number of piperidine rings is 1. The molecule has 1 atom stereocenters. The van der Waals surface area contributed by atoms with Crippen molar-refractivity contribution < 1.29 is 4.79 Å². The summed E-state index contributed by atoms with van der Waals surface area (Å²) >= 11 is 1.66. The predicted octanol–water partition coefficient (Wildman–Crippen LogP) is 3.00. The van der Waals surface area contributed by atoms with Gasteiger partial charge in [-0.05, 0) is 55.8 Å². The summed E-state index contributed by atoms with van der Waals surface area (Å²) in [6.07, 6.45) is 7.12. The number of carbonyl (C=O) groups is 1. The quantitative estimate of drug-likeness (QED) is 0.818. The normalized spacial score (nSPS) is 19.4. The van der Waals surface area contributed by atoms with Crippen molar-refractivity contribution in [2.75, 3.05) is 26.2 Å². The van der Waals surface area contributed by atoms with Gasteiger partial charge < -0.3 is 10.2 Å². The Morgan fingerprint density at radius 3 is 3.15 bits per heavy atom. The molecule has 4 heteroatoms. The Hall–Kier alpha value is -1.13. The van der Waals surface area contributed by atoms with Crippen molar-refractivity contribution in [1.29, 1.82) is 0 Å². The maximum atomic E-state index is 12.3. The maximum Gasteiger partial charge on any atom is 0.246 e. The summed E-state index contributed by atoms with van der Waals surface area (Å²) in [6, 6.07) is 4.04. The maximum absolute atomic E-state index is 12.3. The van der Waals surface area contributed by atoms with Crippen LogP contribution in [0.2, 0.25) is 0 Å². The smallest absolute Gasteiger partial charge is 0.246 e. The minimum atomic E-state index is 0.144. The van der Waals surface area contributed by atoms with Crippen LogP contribution in [0.25, 0.3) is 6.08 Å². The van der Waals surface area contributed by atoms with Gasteiger partial charge in [0, 0.05) is 24.0 Å². The molecule has 1 amide bonds. The zero-order valence-electron chi connectivity index (χ0n) is 12.2. The molecule has 1 aliphatic rings. The number of carbonyl (C=O) groups excluding carboxylic acids is 1. The Labute approximate surface area is 125 Å². The molecule has 3 nitrogen and oxygen atoms in total. The molecule has 0 radical (unpaired) electrons. The van der Waals surface area contributed by atoms with Crippen LogP contribution in [0.15, 0.2) is 23.6 Å². The van der Waals surface area contributed by atoms with Crippen LogP contribution in [-0.2, 0) is 4.79 Å². The summed E-state index contributed by atoms with van der Waals surface area (Å²) < 4.78 is 0. The van der Waals surface area contributed by atoms with E-state index in [-0.39, 0.29) is 5.91 Å². The van der Waals surface area contributed by atoms with Gasteiger partial charge in [-0.15, -0.1) is 11.3 Å². The van der Waals surface area contributed by atoms with E-state index in [9.17, 15) is 4.79 Å². The topological polar surface area (TPSA) is 32.3 Å². The second-order valence-corrected chi connectivity index (χ2v) is 6.32. The number of hydrogen-bond acceptors (Lipinski definition) is 3. The van der Waals surface area contributed by atoms with Crippen LogP contribution >= 0.6 is 11.3 Å². The lowest BCUT2D eigenvalue weighted by atomic mass is 9.99. The van der Waals surface area contributed by atoms with Crippen LogP contribution in [0.3, 0.4) is 0 Å². The molecule has 1 aliphatic heterocycles. The fourth-order valence-electron chi connectivity index (χ4n) is 2.60. The van der Waals surface area contributed by atoms with Crippen LogP contribution in [-0.4, -0.2) is 37.0 Å². The Balaban J connectivity index is 1.90. The molecule has 0 bridgehead atoms. The van der Waals surface area contributed by atoms with E-state index in [1.165, 1.54) is 12.8 Å². The minimum Gasteiger partial charge on any atom is -0.339 e. The first-order valence-electron chi connectivity index (χ1n) is 7.50. The third kappa shape index (κ3) is 4.76. The summed E-state index contributed by atoms with van der Waals surface area (Å²) in [5, 5.41) is 5.45. The highest BCUT2D eigenvalue weighted by atomic mass is 32.1. The summed E-state index contributed by atoms with van der Waals surface area (Å²) in [6.45, 7) is 6.03. The first-order chi connectivity index (χ1) is 9.79. The molecular weight excluding hydrogens is 268 g/mol. The van der Waals surface area contributed by atoms with Gasteiger partial charge in [0.2, 0.25) is 5.91 Å². The zero-order chi connectivity index (χ0) is 14.2. The average molecular weight is 292 g/mol. The van der Waals surface area contributed by atoms with Crippen LogP contribution < -0.4 is 5.32 Å². The first kappa shape index (κ1) is 15.3. The van der Waals surface area contributed by atoms with Gasteiger partial charge >= 0.3 is 0 Å². The highest BCUT2D eigenvalue weighted by Crippen LogP contribution is 2.14. The molecule has 1 aromatic heterocycles. The third-order valence-electron chi connectivity index (χ3n) is 3.62. The minimum absolute atomic E-state index is 0.144. The molecule has 20 heavy (non-hydrogen) atoms. The van der Waals surface area contributed by atoms with Crippen molar-refractivity contribution in [3.63, 3.8) is 0 Å². The molecule has 1 fully saturated rings. The van der Waals surface area contributed by atoms with Crippen molar-refractivity contribution >= 4 is 23.3 Å². The number of nitrogens with one attached hydrogen (secondary N) is 1. The number of hydrogen-bond donors (Lipinski definition) is 1. The van der Waals surface area contributed by atoms with E-state index >= 15 is 0 Å². The second kappa shape index (κ2) is 8.22. The van der Waals surface area contributed by atoms with E-state index in [1.807, 2.05) is 28.5 Å². The fraction of sp³-hybridized carbons (Fsp3) is 0.562. The van der Waals surface area contributed by atoms with Gasteiger partial charge in [0.25, 0.3) is 0 Å². The Morgan fingerprint density at radius 1 is 1.60 bits per heavy atom. The number of rotatable bonds is 6. The van der Waals surface area contributed by atoms with Gasteiger partial charge in [-0.3, -0.25) is 4.79 Å². The summed E-state index contributed by atoms with van der Waals surface area (Å²) in [4.78, 5) is 15.5. The first-order valence-corrected chi connectivity index (χ1v) is 8.38. The van der Waals surface area contributed by atoms with E-state index in [0.717, 1.165) is 37.5 Å². The predicted molar refractivity (Wildman–Crippen MR) is 85.8 cm³/mol. The monoisotopic (exact) mass is 292 g/mol. The number of thiophene rings is 1. The molecule has 0 aromatic carbocycles. The molecule has 2 rings (SSSR count). The van der Waals surface area contributed by atoms with Gasteiger partial charge in [-0.2, -0.15) is 0 Å².